The van der Waals surface area contributed by atoms with Gasteiger partial charge in [0.15, 0.2) is 11.5 Å². The number of carbonyl (C=O) groups is 2. The van der Waals surface area contributed by atoms with Crippen LogP contribution in [0.2, 0.25) is 0 Å². The van der Waals surface area contributed by atoms with Crippen LogP contribution in [0.1, 0.15) is 21.5 Å². The van der Waals surface area contributed by atoms with Crippen molar-refractivity contribution < 1.29 is 24.2 Å². The number of hydrogen-bond acceptors (Lipinski definition) is 4. The molecule has 6 nitrogen and oxygen atoms in total. The summed E-state index contributed by atoms with van der Waals surface area (Å²) in [7, 11) is 3.11. The zero-order valence-corrected chi connectivity index (χ0v) is 14.0. The molecule has 2 rings (SSSR count). The second-order valence-electron chi connectivity index (χ2n) is 5.17. The van der Waals surface area contributed by atoms with Gasteiger partial charge in [-0.1, -0.05) is 18.2 Å². The molecule has 0 heterocycles. The number of amides is 1. The number of rotatable bonds is 7. The maximum atomic E-state index is 11.9. The smallest absolute Gasteiger partial charge is 0.335 e. The highest BCUT2D eigenvalue weighted by molar-refractivity contribution is 5.91. The van der Waals surface area contributed by atoms with E-state index in [9.17, 15) is 9.59 Å². The van der Waals surface area contributed by atoms with Gasteiger partial charge < -0.3 is 19.9 Å². The molecule has 2 aromatic rings. The lowest BCUT2D eigenvalue weighted by molar-refractivity contribution is -0.116. The molecular weight excluding hydrogens is 322 g/mol. The first-order chi connectivity index (χ1) is 12.0. The zero-order valence-electron chi connectivity index (χ0n) is 14.0. The summed E-state index contributed by atoms with van der Waals surface area (Å²) in [6.45, 7) is 0.314. The Kier molecular flexibility index (Phi) is 6.17. The Balaban J connectivity index is 1.93. The van der Waals surface area contributed by atoms with Gasteiger partial charge in [0.2, 0.25) is 5.91 Å². The second kappa shape index (κ2) is 8.54. The van der Waals surface area contributed by atoms with Crippen molar-refractivity contribution in [1.82, 2.24) is 5.32 Å². The maximum Gasteiger partial charge on any atom is 0.335 e. The lowest BCUT2D eigenvalue weighted by Crippen LogP contribution is -2.20. The van der Waals surface area contributed by atoms with Crippen LogP contribution in [0.3, 0.4) is 0 Å². The van der Waals surface area contributed by atoms with Crippen LogP contribution < -0.4 is 14.8 Å². The van der Waals surface area contributed by atoms with Crippen molar-refractivity contribution in [3.8, 4) is 11.5 Å². The number of benzene rings is 2. The third-order valence-electron chi connectivity index (χ3n) is 3.50. The number of carboxylic acids is 1. The fourth-order valence-electron chi connectivity index (χ4n) is 2.14. The highest BCUT2D eigenvalue weighted by Crippen LogP contribution is 2.27. The fraction of sp³-hybridized carbons (Fsp3) is 0.158. The summed E-state index contributed by atoms with van der Waals surface area (Å²) < 4.78 is 10.4. The molecule has 130 valence electrons. The molecule has 25 heavy (non-hydrogen) atoms. The van der Waals surface area contributed by atoms with Gasteiger partial charge in [-0.2, -0.15) is 0 Å². The van der Waals surface area contributed by atoms with E-state index < -0.39 is 5.97 Å². The number of aromatic carboxylic acids is 1. The van der Waals surface area contributed by atoms with E-state index in [2.05, 4.69) is 5.32 Å². The molecule has 6 heteroatoms. The van der Waals surface area contributed by atoms with Gasteiger partial charge in [0.05, 0.1) is 19.8 Å². The van der Waals surface area contributed by atoms with Crippen LogP contribution in [-0.4, -0.2) is 31.2 Å². The van der Waals surface area contributed by atoms with Crippen LogP contribution in [0.25, 0.3) is 6.08 Å². The average Bonchev–Trinajstić information content (AvgIpc) is 2.64. The summed E-state index contributed by atoms with van der Waals surface area (Å²) in [4.78, 5) is 22.7. The SMILES string of the molecule is COc1ccc(/C=C/C(=O)NCc2ccc(C(=O)O)cc2)cc1OC. The Labute approximate surface area is 145 Å². The highest BCUT2D eigenvalue weighted by Gasteiger charge is 2.04. The molecule has 0 spiro atoms. The number of carboxylic acid groups (broad SMARTS) is 1. The van der Waals surface area contributed by atoms with Gasteiger partial charge in [-0.25, -0.2) is 4.79 Å². The van der Waals surface area contributed by atoms with Gasteiger partial charge in [-0.15, -0.1) is 0 Å². The van der Waals surface area contributed by atoms with Gasteiger partial charge in [-0.3, -0.25) is 4.79 Å². The van der Waals surface area contributed by atoms with E-state index in [-0.39, 0.29) is 11.5 Å². The summed E-state index contributed by atoms with van der Waals surface area (Å²) in [5.74, 6) is -0.0250. The van der Waals surface area contributed by atoms with Crippen molar-refractivity contribution in [3.05, 3.63) is 65.2 Å². The van der Waals surface area contributed by atoms with Crippen LogP contribution in [-0.2, 0) is 11.3 Å². The van der Waals surface area contributed by atoms with Crippen molar-refractivity contribution in [2.75, 3.05) is 14.2 Å². The fourth-order valence-corrected chi connectivity index (χ4v) is 2.14. The van der Waals surface area contributed by atoms with E-state index >= 15 is 0 Å². The van der Waals surface area contributed by atoms with Crippen molar-refractivity contribution in [3.63, 3.8) is 0 Å². The van der Waals surface area contributed by atoms with Crippen LogP contribution in [0.4, 0.5) is 0 Å². The van der Waals surface area contributed by atoms with Crippen LogP contribution in [0, 0.1) is 0 Å². The van der Waals surface area contributed by atoms with E-state index in [1.165, 1.54) is 18.2 Å². The Morgan fingerprint density at radius 2 is 1.72 bits per heavy atom. The van der Waals surface area contributed by atoms with Crippen LogP contribution in [0.5, 0.6) is 11.5 Å². The maximum absolute atomic E-state index is 11.9. The average molecular weight is 341 g/mol. The minimum Gasteiger partial charge on any atom is -0.493 e. The van der Waals surface area contributed by atoms with Crippen LogP contribution >= 0.6 is 0 Å². The van der Waals surface area contributed by atoms with Gasteiger partial charge in [-0.05, 0) is 41.5 Å². The number of methoxy groups -OCH3 is 2. The molecule has 0 aromatic heterocycles. The van der Waals surface area contributed by atoms with E-state index in [4.69, 9.17) is 14.6 Å². The minimum atomic E-state index is -0.978. The quantitative estimate of drug-likeness (QED) is 0.757. The highest BCUT2D eigenvalue weighted by atomic mass is 16.5. The van der Waals surface area contributed by atoms with Crippen molar-refractivity contribution in [2.24, 2.45) is 0 Å². The molecule has 0 aliphatic carbocycles. The van der Waals surface area contributed by atoms with E-state index in [1.807, 2.05) is 6.07 Å². The number of ether oxygens (including phenoxy) is 2. The molecule has 1 amide bonds. The molecule has 0 unspecified atom stereocenters. The molecular formula is C19H19NO5. The third-order valence-corrected chi connectivity index (χ3v) is 3.50. The largest absolute Gasteiger partial charge is 0.493 e. The normalized spacial score (nSPS) is 10.5. The summed E-state index contributed by atoms with van der Waals surface area (Å²) in [5, 5.41) is 11.6. The third kappa shape index (κ3) is 5.10. The zero-order chi connectivity index (χ0) is 18.2. The molecule has 0 saturated carbocycles. The molecule has 0 aliphatic rings. The molecule has 0 aliphatic heterocycles. The van der Waals surface area contributed by atoms with Gasteiger partial charge in [0.1, 0.15) is 0 Å². The number of carbonyl (C=O) groups excluding carboxylic acids is 1. The van der Waals surface area contributed by atoms with Gasteiger partial charge in [0.25, 0.3) is 0 Å². The second-order valence-corrected chi connectivity index (χ2v) is 5.17. The van der Waals surface area contributed by atoms with Gasteiger partial charge in [0, 0.05) is 12.6 Å². The van der Waals surface area contributed by atoms with Crippen LogP contribution in [0.15, 0.2) is 48.5 Å². The molecule has 0 bridgehead atoms. The molecule has 2 N–H and O–H groups in total. The summed E-state index contributed by atoms with van der Waals surface area (Å²) >= 11 is 0. The first-order valence-corrected chi connectivity index (χ1v) is 7.53. The van der Waals surface area contributed by atoms with Crippen molar-refractivity contribution in [2.45, 2.75) is 6.54 Å². The monoisotopic (exact) mass is 341 g/mol. The van der Waals surface area contributed by atoms with E-state index in [1.54, 1.807) is 44.6 Å². The first-order valence-electron chi connectivity index (χ1n) is 7.53. The molecule has 0 fully saturated rings. The Morgan fingerprint density at radius 1 is 1.04 bits per heavy atom. The Hall–Kier alpha value is -3.28. The summed E-state index contributed by atoms with van der Waals surface area (Å²) in [6.07, 6.45) is 3.09. The predicted molar refractivity (Wildman–Crippen MR) is 93.8 cm³/mol. The molecule has 0 saturated heterocycles. The Morgan fingerprint density at radius 3 is 2.32 bits per heavy atom. The van der Waals surface area contributed by atoms with Crippen molar-refractivity contribution >= 4 is 18.0 Å². The van der Waals surface area contributed by atoms with Crippen molar-refractivity contribution in [1.29, 1.82) is 0 Å². The lowest BCUT2D eigenvalue weighted by atomic mass is 10.1. The lowest BCUT2D eigenvalue weighted by Gasteiger charge is -2.07. The molecule has 0 radical (unpaired) electrons. The molecule has 0 atom stereocenters. The summed E-state index contributed by atoms with van der Waals surface area (Å²) in [5.41, 5.74) is 1.83. The minimum absolute atomic E-state index is 0.212. The number of hydrogen-bond donors (Lipinski definition) is 2. The predicted octanol–water partition coefficient (Wildman–Crippen LogP) is 2.73. The number of nitrogens with one attached hydrogen (secondary N) is 1. The summed E-state index contributed by atoms with van der Waals surface area (Å²) in [6, 6.07) is 11.7. The van der Waals surface area contributed by atoms with E-state index in [0.29, 0.717) is 18.0 Å². The molecule has 2 aromatic carbocycles. The topological polar surface area (TPSA) is 84.9 Å². The Bertz CT molecular complexity index is 781. The van der Waals surface area contributed by atoms with Gasteiger partial charge >= 0.3 is 5.97 Å². The van der Waals surface area contributed by atoms with E-state index in [0.717, 1.165) is 11.1 Å². The standard InChI is InChI=1S/C19H19NO5/c1-24-16-9-5-13(11-17(16)25-2)6-10-18(21)20-12-14-3-7-15(8-4-14)19(22)23/h3-11H,12H2,1-2H3,(H,20,21)(H,22,23)/b10-6+. The first kappa shape index (κ1) is 18.1.